The first-order valence-corrected chi connectivity index (χ1v) is 14.1. The second-order valence-electron chi connectivity index (χ2n) is 6.54. The van der Waals surface area contributed by atoms with Crippen molar-refractivity contribution < 1.29 is 9.47 Å². The van der Waals surface area contributed by atoms with Crippen LogP contribution in [0.2, 0.25) is 0 Å². The van der Waals surface area contributed by atoms with Gasteiger partial charge < -0.3 is 0 Å². The second kappa shape index (κ2) is 7.40. The number of rotatable bonds is 5. The van der Waals surface area contributed by atoms with Gasteiger partial charge in [-0.15, -0.1) is 0 Å². The molecule has 0 aliphatic carbocycles. The summed E-state index contributed by atoms with van der Waals surface area (Å²) in [6.07, 6.45) is 0.662. The molecule has 2 nitrogen and oxygen atoms in total. The molecule has 26 heavy (non-hydrogen) atoms. The molecule has 4 heteroatoms. The van der Waals surface area contributed by atoms with Crippen molar-refractivity contribution in [2.24, 2.45) is 0 Å². The Balaban J connectivity index is 2.03. The van der Waals surface area contributed by atoms with E-state index in [0.717, 1.165) is 6.16 Å². The first-order valence-electron chi connectivity index (χ1n) is 8.85. The third-order valence-corrected chi connectivity index (χ3v) is 16.4. The fraction of sp³-hybridized carbons (Fsp3) is 0.182. The molecule has 4 rings (SSSR count). The molecule has 0 amide bonds. The van der Waals surface area contributed by atoms with Gasteiger partial charge in [-0.3, -0.25) is 0 Å². The maximum atomic E-state index is 5.94. The molecule has 0 spiro atoms. The van der Waals surface area contributed by atoms with Crippen molar-refractivity contribution in [2.45, 2.75) is 6.29 Å². The molecule has 1 saturated heterocycles. The summed E-state index contributed by atoms with van der Waals surface area (Å²) in [5.74, 6) is 0. The van der Waals surface area contributed by atoms with Crippen LogP contribution >= 0.6 is 26.3 Å². The van der Waals surface area contributed by atoms with Crippen molar-refractivity contribution in [3.05, 3.63) is 91.0 Å². The molecule has 0 radical (unpaired) electrons. The molecular weight excluding hydrogens is 454 g/mol. The number of benzene rings is 3. The predicted molar refractivity (Wildman–Crippen MR) is 120 cm³/mol. The zero-order valence-corrected chi connectivity index (χ0v) is 17.6. The van der Waals surface area contributed by atoms with Crippen LogP contribution in [0, 0.1) is 0 Å². The third kappa shape index (κ3) is 3.01. The standard InChI is InChI=1S/C22H22IO2P/c23-26(18-22-24-16-17-25-22,19-10-4-1-5-11-19,20-12-6-2-7-13-20)21-14-8-3-9-15-21/h1-15,22H,16-18H2. The quantitative estimate of drug-likeness (QED) is 0.406. The summed E-state index contributed by atoms with van der Waals surface area (Å²) in [5, 5.41) is 4.07. The summed E-state index contributed by atoms with van der Waals surface area (Å²) in [6.45, 7) is 1.35. The molecule has 1 aliphatic rings. The van der Waals surface area contributed by atoms with E-state index in [1.807, 2.05) is 0 Å². The Bertz CT molecular complexity index is 750. The molecule has 1 aliphatic heterocycles. The molecule has 1 fully saturated rings. The molecule has 0 bridgehead atoms. The first-order chi connectivity index (χ1) is 12.7. The van der Waals surface area contributed by atoms with Crippen LogP contribution in [0.15, 0.2) is 91.0 Å². The van der Waals surface area contributed by atoms with E-state index in [0.29, 0.717) is 13.2 Å². The zero-order chi connectivity index (χ0) is 17.9. The van der Waals surface area contributed by atoms with Crippen LogP contribution in [0.1, 0.15) is 0 Å². The van der Waals surface area contributed by atoms with Crippen molar-refractivity contribution in [3.63, 3.8) is 0 Å². The van der Waals surface area contributed by atoms with Gasteiger partial charge in [-0.05, 0) is 0 Å². The molecule has 0 unspecified atom stereocenters. The summed E-state index contributed by atoms with van der Waals surface area (Å²) in [7, 11) is 0. The van der Waals surface area contributed by atoms with Gasteiger partial charge in [0.25, 0.3) is 0 Å². The Kier molecular flexibility index (Phi) is 5.15. The number of hydrogen-bond donors (Lipinski definition) is 0. The SMILES string of the molecule is IP(CC1OCCO1)(c1ccccc1)(c1ccccc1)c1ccccc1. The van der Waals surface area contributed by atoms with Crippen molar-refractivity contribution >= 4 is 42.2 Å². The van der Waals surface area contributed by atoms with E-state index in [2.05, 4.69) is 113 Å². The average molecular weight is 476 g/mol. The maximum absolute atomic E-state index is 5.94. The second-order valence-corrected chi connectivity index (χ2v) is 17.2. The Morgan fingerprint density at radius 3 is 1.35 bits per heavy atom. The molecule has 0 N–H and O–H groups in total. The molecule has 0 atom stereocenters. The van der Waals surface area contributed by atoms with Crippen LogP contribution in [0.3, 0.4) is 0 Å². The third-order valence-electron chi connectivity index (χ3n) is 5.07. The monoisotopic (exact) mass is 476 g/mol. The van der Waals surface area contributed by atoms with Gasteiger partial charge in [0, 0.05) is 0 Å². The van der Waals surface area contributed by atoms with Gasteiger partial charge in [-0.2, -0.15) is 0 Å². The number of hydrogen-bond acceptors (Lipinski definition) is 2. The molecular formula is C22H22IO2P. The van der Waals surface area contributed by atoms with Gasteiger partial charge in [0.15, 0.2) is 0 Å². The molecule has 134 valence electrons. The summed E-state index contributed by atoms with van der Waals surface area (Å²) < 4.78 is 9.11. The number of ether oxygens (including phenoxy) is 2. The predicted octanol–water partition coefficient (Wildman–Crippen LogP) is 4.24. The minimum absolute atomic E-state index is 0.176. The summed E-state index contributed by atoms with van der Waals surface area (Å²) in [5.41, 5.74) is 0. The van der Waals surface area contributed by atoms with Crippen molar-refractivity contribution in [3.8, 4) is 0 Å². The molecule has 0 aromatic heterocycles. The van der Waals surface area contributed by atoms with E-state index >= 15 is 0 Å². The van der Waals surface area contributed by atoms with Crippen LogP contribution in [0.25, 0.3) is 0 Å². The minimum atomic E-state index is -2.78. The van der Waals surface area contributed by atoms with Crippen molar-refractivity contribution in [2.75, 3.05) is 19.4 Å². The molecule has 0 saturated carbocycles. The summed E-state index contributed by atoms with van der Waals surface area (Å²) >= 11 is 2.77. The Morgan fingerprint density at radius 2 is 1.00 bits per heavy atom. The van der Waals surface area contributed by atoms with Crippen LogP contribution in [-0.4, -0.2) is 25.7 Å². The Labute approximate surface area is 168 Å². The normalized spacial score (nSPS) is 16.9. The van der Waals surface area contributed by atoms with E-state index in [1.165, 1.54) is 15.9 Å². The van der Waals surface area contributed by atoms with Crippen LogP contribution in [0.4, 0.5) is 0 Å². The first kappa shape index (κ1) is 18.1. The van der Waals surface area contributed by atoms with Crippen molar-refractivity contribution in [1.29, 1.82) is 0 Å². The van der Waals surface area contributed by atoms with E-state index in [1.54, 1.807) is 0 Å². The van der Waals surface area contributed by atoms with Gasteiger partial charge in [-0.1, -0.05) is 0 Å². The number of halogens is 1. The van der Waals surface area contributed by atoms with Gasteiger partial charge in [0.05, 0.1) is 0 Å². The van der Waals surface area contributed by atoms with Crippen molar-refractivity contribution in [1.82, 2.24) is 0 Å². The Hall–Kier alpha value is -1.26. The van der Waals surface area contributed by atoms with E-state index < -0.39 is 4.25 Å². The van der Waals surface area contributed by atoms with Gasteiger partial charge in [-0.25, -0.2) is 0 Å². The van der Waals surface area contributed by atoms with Crippen LogP contribution in [0.5, 0.6) is 0 Å². The Morgan fingerprint density at radius 1 is 0.654 bits per heavy atom. The van der Waals surface area contributed by atoms with Gasteiger partial charge >= 0.3 is 168 Å². The topological polar surface area (TPSA) is 18.5 Å². The van der Waals surface area contributed by atoms with Crippen LogP contribution in [-0.2, 0) is 9.47 Å². The molecule has 3 aromatic rings. The zero-order valence-electron chi connectivity index (χ0n) is 14.5. The van der Waals surface area contributed by atoms with E-state index in [4.69, 9.17) is 9.47 Å². The fourth-order valence-electron chi connectivity index (χ4n) is 3.77. The van der Waals surface area contributed by atoms with Gasteiger partial charge in [0.1, 0.15) is 0 Å². The summed E-state index contributed by atoms with van der Waals surface area (Å²) in [4.78, 5) is 0. The molecule has 3 aromatic carbocycles. The fourth-order valence-corrected chi connectivity index (χ4v) is 12.3. The summed E-state index contributed by atoms with van der Waals surface area (Å²) in [6, 6.07) is 32.6. The van der Waals surface area contributed by atoms with Crippen LogP contribution < -0.4 is 15.9 Å². The van der Waals surface area contributed by atoms with Gasteiger partial charge in [0.2, 0.25) is 0 Å². The average Bonchev–Trinajstić information content (AvgIpc) is 3.23. The van der Waals surface area contributed by atoms with E-state index in [9.17, 15) is 0 Å². The van der Waals surface area contributed by atoms with E-state index in [-0.39, 0.29) is 6.29 Å². The molecule has 1 heterocycles.